The summed E-state index contributed by atoms with van der Waals surface area (Å²) >= 11 is 0. The predicted molar refractivity (Wildman–Crippen MR) is 59.2 cm³/mol. The second-order valence-corrected chi connectivity index (χ2v) is 4.36. The van der Waals surface area contributed by atoms with Crippen molar-refractivity contribution in [2.24, 2.45) is 13.0 Å². The van der Waals surface area contributed by atoms with Crippen molar-refractivity contribution in [1.29, 1.82) is 0 Å². The van der Waals surface area contributed by atoms with Crippen LogP contribution in [0, 0.1) is 5.92 Å². The topological polar surface area (TPSA) is 67.2 Å². The molecule has 1 aliphatic rings. The maximum absolute atomic E-state index is 10.9. The zero-order chi connectivity index (χ0) is 11.5. The molecule has 1 aromatic rings. The smallest absolute Gasteiger partial charge is 0.339 e. The van der Waals surface area contributed by atoms with Crippen molar-refractivity contribution in [2.75, 3.05) is 6.54 Å². The van der Waals surface area contributed by atoms with Gasteiger partial charge in [0.15, 0.2) is 0 Å². The lowest BCUT2D eigenvalue weighted by Gasteiger charge is -2.25. The molecule has 1 aromatic heterocycles. The van der Waals surface area contributed by atoms with Gasteiger partial charge in [0.2, 0.25) is 0 Å². The summed E-state index contributed by atoms with van der Waals surface area (Å²) < 4.78 is 1.62. The van der Waals surface area contributed by atoms with Crippen LogP contribution in [0.5, 0.6) is 0 Å². The molecule has 0 spiro atoms. The Bertz CT molecular complexity index is 383. The molecule has 5 nitrogen and oxygen atoms in total. The van der Waals surface area contributed by atoms with Crippen LogP contribution in [-0.4, -0.2) is 27.4 Å². The lowest BCUT2D eigenvalue weighted by Crippen LogP contribution is -2.28. The summed E-state index contributed by atoms with van der Waals surface area (Å²) in [4.78, 5) is 10.9. The van der Waals surface area contributed by atoms with E-state index in [0.29, 0.717) is 12.1 Å². The molecule has 0 aliphatic heterocycles. The lowest BCUT2D eigenvalue weighted by molar-refractivity contribution is 0.0695. The molecule has 0 atom stereocenters. The van der Waals surface area contributed by atoms with Crippen molar-refractivity contribution in [3.8, 4) is 0 Å². The van der Waals surface area contributed by atoms with Gasteiger partial charge >= 0.3 is 5.97 Å². The Hall–Kier alpha value is -1.36. The molecule has 88 valence electrons. The van der Waals surface area contributed by atoms with Gasteiger partial charge in [-0.2, -0.15) is 5.10 Å². The number of carboxylic acid groups (broad SMARTS) is 1. The van der Waals surface area contributed by atoms with Gasteiger partial charge in [-0.1, -0.05) is 6.42 Å². The van der Waals surface area contributed by atoms with E-state index in [0.717, 1.165) is 18.2 Å². The fourth-order valence-corrected chi connectivity index (χ4v) is 1.94. The van der Waals surface area contributed by atoms with Crippen LogP contribution in [0.25, 0.3) is 0 Å². The van der Waals surface area contributed by atoms with E-state index in [2.05, 4.69) is 10.4 Å². The number of nitrogens with zero attached hydrogens (tertiary/aromatic N) is 2. The Labute approximate surface area is 94.5 Å². The molecule has 1 fully saturated rings. The van der Waals surface area contributed by atoms with E-state index in [1.54, 1.807) is 11.7 Å². The summed E-state index contributed by atoms with van der Waals surface area (Å²) in [5, 5.41) is 16.2. The van der Waals surface area contributed by atoms with Crippen LogP contribution in [0.4, 0.5) is 0 Å². The number of nitrogens with one attached hydrogen (secondary N) is 1. The number of rotatable bonds is 5. The predicted octanol–water partition coefficient (Wildman–Crippen LogP) is 1.01. The van der Waals surface area contributed by atoms with Crippen LogP contribution < -0.4 is 5.32 Å². The molecule has 0 unspecified atom stereocenters. The van der Waals surface area contributed by atoms with Gasteiger partial charge in [-0.3, -0.25) is 4.68 Å². The molecule has 16 heavy (non-hydrogen) atoms. The fraction of sp³-hybridized carbons (Fsp3) is 0.636. The second kappa shape index (κ2) is 4.65. The van der Waals surface area contributed by atoms with Crippen LogP contribution in [0.15, 0.2) is 6.20 Å². The van der Waals surface area contributed by atoms with E-state index >= 15 is 0 Å². The summed E-state index contributed by atoms with van der Waals surface area (Å²) in [5.41, 5.74) is 1.04. The highest BCUT2D eigenvalue weighted by Crippen LogP contribution is 2.25. The molecule has 5 heteroatoms. The molecule has 1 aliphatic carbocycles. The number of hydrogen-bond donors (Lipinski definition) is 2. The van der Waals surface area contributed by atoms with E-state index in [9.17, 15) is 4.79 Å². The highest BCUT2D eigenvalue weighted by atomic mass is 16.4. The largest absolute Gasteiger partial charge is 0.478 e. The number of carbonyl (C=O) groups is 1. The lowest BCUT2D eigenvalue weighted by atomic mass is 9.85. The van der Waals surface area contributed by atoms with Gasteiger partial charge < -0.3 is 10.4 Å². The SMILES string of the molecule is Cn1ncc(C(=O)O)c1CNCC1CCC1. The monoisotopic (exact) mass is 223 g/mol. The van der Waals surface area contributed by atoms with Crippen LogP contribution >= 0.6 is 0 Å². The van der Waals surface area contributed by atoms with Crippen molar-refractivity contribution in [1.82, 2.24) is 15.1 Å². The Morgan fingerprint density at radius 3 is 3.00 bits per heavy atom. The van der Waals surface area contributed by atoms with Gasteiger partial charge in [0.05, 0.1) is 11.9 Å². The quantitative estimate of drug-likeness (QED) is 0.781. The molecule has 0 radical (unpaired) electrons. The zero-order valence-corrected chi connectivity index (χ0v) is 9.44. The molecular formula is C11H17N3O2. The van der Waals surface area contributed by atoms with Crippen molar-refractivity contribution in [2.45, 2.75) is 25.8 Å². The molecule has 0 amide bonds. The molecule has 0 saturated heterocycles. The highest BCUT2D eigenvalue weighted by Gasteiger charge is 2.18. The first-order chi connectivity index (χ1) is 7.68. The standard InChI is InChI=1S/C11H17N3O2/c1-14-10(9(6-13-14)11(15)16)7-12-5-8-3-2-4-8/h6,8,12H,2-5,7H2,1H3,(H,15,16). The maximum Gasteiger partial charge on any atom is 0.339 e. The number of aromatic carboxylic acids is 1. The molecule has 0 aromatic carbocycles. The Morgan fingerprint density at radius 1 is 1.69 bits per heavy atom. The average Bonchev–Trinajstić information content (AvgIpc) is 2.52. The number of aromatic nitrogens is 2. The summed E-state index contributed by atoms with van der Waals surface area (Å²) in [5.74, 6) is -0.130. The third-order valence-corrected chi connectivity index (χ3v) is 3.24. The van der Waals surface area contributed by atoms with E-state index in [1.807, 2.05) is 0 Å². The molecule has 1 saturated carbocycles. The number of aryl methyl sites for hydroxylation is 1. The number of hydrogen-bond acceptors (Lipinski definition) is 3. The zero-order valence-electron chi connectivity index (χ0n) is 9.44. The van der Waals surface area contributed by atoms with E-state index in [4.69, 9.17) is 5.11 Å². The molecule has 2 N–H and O–H groups in total. The summed E-state index contributed by atoms with van der Waals surface area (Å²) in [6.45, 7) is 1.55. The van der Waals surface area contributed by atoms with E-state index < -0.39 is 5.97 Å². The number of carboxylic acids is 1. The fourth-order valence-electron chi connectivity index (χ4n) is 1.94. The van der Waals surface area contributed by atoms with Crippen molar-refractivity contribution < 1.29 is 9.90 Å². The van der Waals surface area contributed by atoms with Crippen LogP contribution in [0.3, 0.4) is 0 Å². The minimum absolute atomic E-state index is 0.295. The van der Waals surface area contributed by atoms with Crippen molar-refractivity contribution in [3.63, 3.8) is 0 Å². The third-order valence-electron chi connectivity index (χ3n) is 3.24. The van der Waals surface area contributed by atoms with Gasteiger partial charge in [0.25, 0.3) is 0 Å². The Kier molecular flexibility index (Phi) is 3.24. The maximum atomic E-state index is 10.9. The Morgan fingerprint density at radius 2 is 2.44 bits per heavy atom. The van der Waals surface area contributed by atoms with Crippen molar-refractivity contribution >= 4 is 5.97 Å². The van der Waals surface area contributed by atoms with Crippen LogP contribution in [-0.2, 0) is 13.6 Å². The van der Waals surface area contributed by atoms with Gasteiger partial charge in [-0.25, -0.2) is 4.79 Å². The second-order valence-electron chi connectivity index (χ2n) is 4.36. The minimum Gasteiger partial charge on any atom is -0.478 e. The first-order valence-corrected chi connectivity index (χ1v) is 5.63. The first kappa shape index (κ1) is 11.1. The normalized spacial score (nSPS) is 16.1. The highest BCUT2D eigenvalue weighted by molar-refractivity contribution is 5.88. The van der Waals surface area contributed by atoms with Gasteiger partial charge in [0.1, 0.15) is 5.56 Å². The van der Waals surface area contributed by atoms with E-state index in [-0.39, 0.29) is 0 Å². The van der Waals surface area contributed by atoms with Gasteiger partial charge in [-0.05, 0) is 25.3 Å². The summed E-state index contributed by atoms with van der Waals surface area (Å²) in [7, 11) is 1.77. The summed E-state index contributed by atoms with van der Waals surface area (Å²) in [6.07, 6.45) is 5.33. The van der Waals surface area contributed by atoms with Gasteiger partial charge in [-0.15, -0.1) is 0 Å². The van der Waals surface area contributed by atoms with Crippen molar-refractivity contribution in [3.05, 3.63) is 17.5 Å². The molecule has 1 heterocycles. The molecule has 2 rings (SSSR count). The first-order valence-electron chi connectivity index (χ1n) is 5.63. The molecular weight excluding hydrogens is 206 g/mol. The van der Waals surface area contributed by atoms with E-state index in [1.165, 1.54) is 25.5 Å². The van der Waals surface area contributed by atoms with Crippen LogP contribution in [0.2, 0.25) is 0 Å². The Balaban J connectivity index is 1.91. The summed E-state index contributed by atoms with van der Waals surface area (Å²) in [6, 6.07) is 0. The minimum atomic E-state index is -0.909. The van der Waals surface area contributed by atoms with Crippen LogP contribution in [0.1, 0.15) is 35.3 Å². The average molecular weight is 223 g/mol. The molecule has 0 bridgehead atoms. The van der Waals surface area contributed by atoms with Gasteiger partial charge in [0, 0.05) is 13.6 Å². The third kappa shape index (κ3) is 2.24.